The molecular weight excluding hydrogens is 330 g/mol. The molecule has 2 aromatic rings. The number of halogens is 1. The zero-order valence-electron chi connectivity index (χ0n) is 12.6. The van der Waals surface area contributed by atoms with Gasteiger partial charge in [0.25, 0.3) is 0 Å². The molecule has 0 radical (unpaired) electrons. The maximum atomic E-state index is 5.37. The van der Waals surface area contributed by atoms with Gasteiger partial charge in [0.15, 0.2) is 0 Å². The number of nitrogens with one attached hydrogen (secondary N) is 1. The Labute approximate surface area is 134 Å². The highest BCUT2D eigenvalue weighted by molar-refractivity contribution is 9.10. The largest absolute Gasteiger partial charge is 0.480 e. The molecule has 4 nitrogen and oxygen atoms in total. The fourth-order valence-electron chi connectivity index (χ4n) is 2.23. The van der Waals surface area contributed by atoms with Gasteiger partial charge in [0.05, 0.1) is 13.2 Å². The van der Waals surface area contributed by atoms with Gasteiger partial charge in [0, 0.05) is 16.9 Å². The fraction of sp³-hybridized carbons (Fsp3) is 0.375. The highest BCUT2D eigenvalue weighted by Crippen LogP contribution is 2.32. The molecule has 1 atom stereocenters. The molecule has 21 heavy (non-hydrogen) atoms. The maximum Gasteiger partial charge on any atom is 0.237 e. The Kier molecular flexibility index (Phi) is 5.70. The molecule has 1 aromatic heterocycles. The number of ether oxygens (including phenoxy) is 1. The van der Waals surface area contributed by atoms with Crippen LogP contribution in [0.25, 0.3) is 0 Å². The lowest BCUT2D eigenvalue weighted by atomic mass is 10.0. The van der Waals surface area contributed by atoms with Gasteiger partial charge in [-0.2, -0.15) is 0 Å². The van der Waals surface area contributed by atoms with Crippen molar-refractivity contribution >= 4 is 15.9 Å². The van der Waals surface area contributed by atoms with E-state index in [1.807, 2.05) is 0 Å². The van der Waals surface area contributed by atoms with Gasteiger partial charge in [0.1, 0.15) is 5.69 Å². The minimum Gasteiger partial charge on any atom is -0.480 e. The van der Waals surface area contributed by atoms with Crippen LogP contribution in [0, 0.1) is 6.92 Å². The molecule has 1 heterocycles. The first-order chi connectivity index (χ1) is 10.2. The Balaban J connectivity index is 2.50. The molecule has 0 saturated carbocycles. The summed E-state index contributed by atoms with van der Waals surface area (Å²) in [5, 5.41) is 3.53. The maximum absolute atomic E-state index is 5.37. The van der Waals surface area contributed by atoms with E-state index in [4.69, 9.17) is 4.74 Å². The minimum atomic E-state index is -0.0529. The van der Waals surface area contributed by atoms with Crippen molar-refractivity contribution < 1.29 is 4.74 Å². The normalized spacial score (nSPS) is 12.2. The fourth-order valence-corrected chi connectivity index (χ4v) is 2.72. The highest BCUT2D eigenvalue weighted by atomic mass is 79.9. The predicted molar refractivity (Wildman–Crippen MR) is 87.6 cm³/mol. The number of aryl methyl sites for hydroxylation is 1. The van der Waals surface area contributed by atoms with Gasteiger partial charge in [0.2, 0.25) is 5.88 Å². The Hall–Kier alpha value is -1.46. The van der Waals surface area contributed by atoms with Crippen LogP contribution < -0.4 is 10.1 Å². The summed E-state index contributed by atoms with van der Waals surface area (Å²) in [6, 6.07) is 6.18. The van der Waals surface area contributed by atoms with Crippen molar-refractivity contribution in [1.82, 2.24) is 15.3 Å². The second-order valence-corrected chi connectivity index (χ2v) is 5.61. The van der Waals surface area contributed by atoms with E-state index >= 15 is 0 Å². The first-order valence-electron chi connectivity index (χ1n) is 7.02. The molecule has 0 aliphatic heterocycles. The molecule has 0 fully saturated rings. The summed E-state index contributed by atoms with van der Waals surface area (Å²) < 4.78 is 6.46. The number of hydrogen-bond donors (Lipinski definition) is 1. The van der Waals surface area contributed by atoms with E-state index in [0.717, 1.165) is 28.7 Å². The second kappa shape index (κ2) is 7.52. The van der Waals surface area contributed by atoms with E-state index in [1.165, 1.54) is 5.56 Å². The molecule has 0 spiro atoms. The lowest BCUT2D eigenvalue weighted by molar-refractivity contribution is 0.382. The summed E-state index contributed by atoms with van der Waals surface area (Å²) >= 11 is 3.69. The van der Waals surface area contributed by atoms with Crippen molar-refractivity contribution in [2.24, 2.45) is 0 Å². The highest BCUT2D eigenvalue weighted by Gasteiger charge is 2.22. The molecule has 1 N–H and O–H groups in total. The molecule has 0 amide bonds. The summed E-state index contributed by atoms with van der Waals surface area (Å²) in [7, 11) is 1.62. The van der Waals surface area contributed by atoms with Gasteiger partial charge in [-0.05, 0) is 31.0 Å². The van der Waals surface area contributed by atoms with Gasteiger partial charge in [-0.3, -0.25) is 4.98 Å². The van der Waals surface area contributed by atoms with Crippen molar-refractivity contribution in [3.05, 3.63) is 51.9 Å². The SMILES string of the molecule is CCCNC(c1cccc(C)c1Br)c1nccnc1OC. The summed E-state index contributed by atoms with van der Waals surface area (Å²) in [5.41, 5.74) is 3.14. The van der Waals surface area contributed by atoms with Crippen LogP contribution in [0.15, 0.2) is 35.1 Å². The number of aromatic nitrogens is 2. The molecule has 112 valence electrons. The third-order valence-corrected chi connectivity index (χ3v) is 4.37. The first-order valence-corrected chi connectivity index (χ1v) is 7.81. The number of rotatable bonds is 6. The van der Waals surface area contributed by atoms with E-state index in [1.54, 1.807) is 19.5 Å². The molecule has 0 aliphatic rings. The number of nitrogens with zero attached hydrogens (tertiary/aromatic N) is 2. The van der Waals surface area contributed by atoms with Crippen molar-refractivity contribution in [1.29, 1.82) is 0 Å². The van der Waals surface area contributed by atoms with Crippen LogP contribution in [0.2, 0.25) is 0 Å². The molecule has 1 unspecified atom stereocenters. The first kappa shape index (κ1) is 15.9. The Morgan fingerprint density at radius 1 is 1.29 bits per heavy atom. The second-order valence-electron chi connectivity index (χ2n) is 4.82. The Morgan fingerprint density at radius 3 is 2.76 bits per heavy atom. The average molecular weight is 350 g/mol. The summed E-state index contributed by atoms with van der Waals surface area (Å²) in [4.78, 5) is 8.74. The Bertz CT molecular complexity index is 604. The minimum absolute atomic E-state index is 0.0529. The lowest BCUT2D eigenvalue weighted by Crippen LogP contribution is -2.25. The number of hydrogen-bond acceptors (Lipinski definition) is 4. The van der Waals surface area contributed by atoms with E-state index in [2.05, 4.69) is 63.3 Å². The molecule has 0 saturated heterocycles. The number of benzene rings is 1. The van der Waals surface area contributed by atoms with E-state index in [-0.39, 0.29) is 6.04 Å². The van der Waals surface area contributed by atoms with Crippen LogP contribution in [0.4, 0.5) is 0 Å². The van der Waals surface area contributed by atoms with E-state index in [9.17, 15) is 0 Å². The van der Waals surface area contributed by atoms with Gasteiger partial charge >= 0.3 is 0 Å². The van der Waals surface area contributed by atoms with Gasteiger partial charge in [-0.15, -0.1) is 0 Å². The Morgan fingerprint density at radius 2 is 2.05 bits per heavy atom. The van der Waals surface area contributed by atoms with Crippen LogP contribution in [-0.4, -0.2) is 23.6 Å². The zero-order chi connectivity index (χ0) is 15.2. The molecular formula is C16H20BrN3O. The smallest absolute Gasteiger partial charge is 0.237 e. The lowest BCUT2D eigenvalue weighted by Gasteiger charge is -2.21. The van der Waals surface area contributed by atoms with Crippen molar-refractivity contribution in [2.75, 3.05) is 13.7 Å². The van der Waals surface area contributed by atoms with Crippen molar-refractivity contribution in [3.8, 4) is 5.88 Å². The van der Waals surface area contributed by atoms with Crippen LogP contribution >= 0.6 is 15.9 Å². The molecule has 0 aliphatic carbocycles. The summed E-state index contributed by atoms with van der Waals surface area (Å²) in [6.07, 6.45) is 4.38. The average Bonchev–Trinajstić information content (AvgIpc) is 2.52. The molecule has 5 heteroatoms. The quantitative estimate of drug-likeness (QED) is 0.864. The van der Waals surface area contributed by atoms with Crippen LogP contribution in [0.3, 0.4) is 0 Å². The van der Waals surface area contributed by atoms with Crippen LogP contribution in [-0.2, 0) is 0 Å². The summed E-state index contributed by atoms with van der Waals surface area (Å²) in [6.45, 7) is 5.12. The van der Waals surface area contributed by atoms with Crippen LogP contribution in [0.1, 0.15) is 36.2 Å². The van der Waals surface area contributed by atoms with Crippen molar-refractivity contribution in [3.63, 3.8) is 0 Å². The molecule has 1 aromatic carbocycles. The standard InChI is InChI=1S/C16H20BrN3O/c1-4-8-18-14(12-7-5-6-11(2)13(12)17)15-16(21-3)20-10-9-19-15/h5-7,9-10,14,18H,4,8H2,1-3H3. The van der Waals surface area contributed by atoms with E-state index < -0.39 is 0 Å². The van der Waals surface area contributed by atoms with E-state index in [0.29, 0.717) is 5.88 Å². The monoisotopic (exact) mass is 349 g/mol. The van der Waals surface area contributed by atoms with Gasteiger partial charge in [-0.25, -0.2) is 4.98 Å². The van der Waals surface area contributed by atoms with Crippen LogP contribution in [0.5, 0.6) is 5.88 Å². The zero-order valence-corrected chi connectivity index (χ0v) is 14.1. The van der Waals surface area contributed by atoms with Crippen molar-refractivity contribution in [2.45, 2.75) is 26.3 Å². The predicted octanol–water partition coefficient (Wildman–Crippen LogP) is 3.65. The molecule has 2 rings (SSSR count). The molecule has 0 bridgehead atoms. The third kappa shape index (κ3) is 3.60. The van der Waals surface area contributed by atoms with Gasteiger partial charge < -0.3 is 10.1 Å². The topological polar surface area (TPSA) is 47.0 Å². The summed E-state index contributed by atoms with van der Waals surface area (Å²) in [5.74, 6) is 0.555. The van der Waals surface area contributed by atoms with Gasteiger partial charge in [-0.1, -0.05) is 41.1 Å². The number of methoxy groups -OCH3 is 1. The third-order valence-electron chi connectivity index (χ3n) is 3.29.